The number of nitrogens with one attached hydrogen (secondary N) is 1. The van der Waals surface area contributed by atoms with Gasteiger partial charge in [-0.05, 0) is 40.8 Å². The Morgan fingerprint density at radius 1 is 0.771 bits per heavy atom. The summed E-state index contributed by atoms with van der Waals surface area (Å²) >= 11 is 0. The van der Waals surface area contributed by atoms with Crippen LogP contribution in [0.1, 0.15) is 60.3 Å². The van der Waals surface area contributed by atoms with E-state index in [1.165, 1.54) is 4.90 Å². The molecule has 35 heavy (non-hydrogen) atoms. The second-order valence-corrected chi connectivity index (χ2v) is 9.82. The van der Waals surface area contributed by atoms with Crippen LogP contribution in [-0.2, 0) is 14.4 Å². The number of para-hydroxylation sites is 1. The summed E-state index contributed by atoms with van der Waals surface area (Å²) in [7, 11) is 0. The van der Waals surface area contributed by atoms with E-state index in [2.05, 4.69) is 29.6 Å². The lowest BCUT2D eigenvalue weighted by atomic mass is 9.55. The number of benzene rings is 3. The Bertz CT molecular complexity index is 1200. The van der Waals surface area contributed by atoms with E-state index in [-0.39, 0.29) is 29.6 Å². The maximum absolute atomic E-state index is 14.0. The van der Waals surface area contributed by atoms with Crippen molar-refractivity contribution in [2.75, 3.05) is 5.32 Å². The number of amides is 3. The lowest BCUT2D eigenvalue weighted by Gasteiger charge is -2.45. The molecule has 3 aromatic rings. The molecule has 5 heteroatoms. The third-order valence-corrected chi connectivity index (χ3v) is 7.97. The van der Waals surface area contributed by atoms with Crippen LogP contribution in [0.25, 0.3) is 0 Å². The van der Waals surface area contributed by atoms with E-state index >= 15 is 0 Å². The number of likely N-dealkylation sites (tertiary alicyclic amines) is 1. The van der Waals surface area contributed by atoms with Gasteiger partial charge in [-0.3, -0.25) is 19.3 Å². The van der Waals surface area contributed by atoms with E-state index in [0.29, 0.717) is 12.1 Å². The number of hydrogen-bond acceptors (Lipinski definition) is 3. The maximum atomic E-state index is 14.0. The molecule has 1 saturated heterocycles. The molecule has 5 nitrogen and oxygen atoms in total. The Morgan fingerprint density at radius 2 is 1.23 bits per heavy atom. The predicted octanol–water partition coefficient (Wildman–Crippen LogP) is 5.08. The molecule has 0 saturated carbocycles. The number of anilines is 1. The van der Waals surface area contributed by atoms with Gasteiger partial charge in [-0.2, -0.15) is 0 Å². The number of carbonyl (C=O) groups is 3. The van der Waals surface area contributed by atoms with Crippen LogP contribution in [0.3, 0.4) is 0 Å². The average Bonchev–Trinajstić information content (AvgIpc) is 3.15. The molecule has 3 aromatic carbocycles. The fourth-order valence-electron chi connectivity index (χ4n) is 6.53. The van der Waals surface area contributed by atoms with Crippen LogP contribution in [-0.4, -0.2) is 28.7 Å². The molecule has 3 atom stereocenters. The molecule has 2 bridgehead atoms. The Morgan fingerprint density at radius 3 is 1.69 bits per heavy atom. The van der Waals surface area contributed by atoms with Crippen LogP contribution < -0.4 is 5.32 Å². The summed E-state index contributed by atoms with van der Waals surface area (Å²) in [4.78, 5) is 42.9. The quantitative estimate of drug-likeness (QED) is 0.518. The Hall–Kier alpha value is -3.73. The van der Waals surface area contributed by atoms with Gasteiger partial charge >= 0.3 is 0 Å². The van der Waals surface area contributed by atoms with Crippen LogP contribution in [0.15, 0.2) is 78.9 Å². The summed E-state index contributed by atoms with van der Waals surface area (Å²) in [5.74, 6) is -1.97. The van der Waals surface area contributed by atoms with Crippen molar-refractivity contribution in [3.05, 3.63) is 101 Å². The minimum Gasteiger partial charge on any atom is -0.324 e. The van der Waals surface area contributed by atoms with Crippen molar-refractivity contribution in [1.29, 1.82) is 0 Å². The highest BCUT2D eigenvalue weighted by atomic mass is 16.2. The molecular formula is C30H28N2O3. The van der Waals surface area contributed by atoms with Gasteiger partial charge in [0.25, 0.3) is 0 Å². The van der Waals surface area contributed by atoms with Crippen molar-refractivity contribution in [2.24, 2.45) is 11.8 Å². The van der Waals surface area contributed by atoms with Gasteiger partial charge in [-0.1, -0.05) is 86.5 Å². The first-order chi connectivity index (χ1) is 17.1. The molecule has 0 radical (unpaired) electrons. The molecule has 0 spiro atoms. The van der Waals surface area contributed by atoms with Gasteiger partial charge in [0, 0.05) is 17.5 Å². The van der Waals surface area contributed by atoms with Crippen molar-refractivity contribution in [1.82, 2.24) is 4.90 Å². The number of imide groups is 1. The van der Waals surface area contributed by atoms with Gasteiger partial charge in [0.1, 0.15) is 6.04 Å². The van der Waals surface area contributed by atoms with E-state index < -0.39 is 17.9 Å². The average molecular weight is 465 g/mol. The van der Waals surface area contributed by atoms with Gasteiger partial charge in [0.15, 0.2) is 0 Å². The zero-order chi connectivity index (χ0) is 24.1. The highest BCUT2D eigenvalue weighted by molar-refractivity contribution is 6.11. The topological polar surface area (TPSA) is 66.5 Å². The molecule has 1 N–H and O–H groups in total. The van der Waals surface area contributed by atoms with Gasteiger partial charge < -0.3 is 5.32 Å². The summed E-state index contributed by atoms with van der Waals surface area (Å²) in [5, 5.41) is 2.94. The molecule has 0 unspecified atom stereocenters. The normalized spacial score (nSPS) is 24.5. The number of unbranched alkanes of at least 4 members (excludes halogenated alkanes) is 1. The minimum atomic E-state index is -0.814. The predicted molar refractivity (Wildman–Crippen MR) is 134 cm³/mol. The third-order valence-electron chi connectivity index (χ3n) is 7.97. The summed E-state index contributed by atoms with van der Waals surface area (Å²) in [6.07, 6.45) is 2.09. The van der Waals surface area contributed by atoms with Gasteiger partial charge in [-0.25, -0.2) is 0 Å². The van der Waals surface area contributed by atoms with Crippen molar-refractivity contribution in [2.45, 2.75) is 44.1 Å². The molecule has 3 aliphatic carbocycles. The number of nitrogens with zero attached hydrogens (tertiary/aromatic N) is 1. The third kappa shape index (κ3) is 3.25. The second kappa shape index (κ2) is 8.49. The van der Waals surface area contributed by atoms with E-state index in [4.69, 9.17) is 0 Å². The van der Waals surface area contributed by atoms with Crippen LogP contribution in [0.2, 0.25) is 0 Å². The van der Waals surface area contributed by atoms with Crippen LogP contribution in [0.5, 0.6) is 0 Å². The number of rotatable bonds is 6. The largest absolute Gasteiger partial charge is 0.324 e. The van der Waals surface area contributed by atoms with Crippen molar-refractivity contribution >= 4 is 23.4 Å². The zero-order valence-electron chi connectivity index (χ0n) is 19.7. The molecule has 3 amide bonds. The smallest absolute Gasteiger partial charge is 0.247 e. The fraction of sp³-hybridized carbons (Fsp3) is 0.300. The molecule has 1 fully saturated rings. The molecule has 4 aliphatic rings. The van der Waals surface area contributed by atoms with Crippen molar-refractivity contribution in [3.63, 3.8) is 0 Å². The second-order valence-electron chi connectivity index (χ2n) is 9.82. The highest BCUT2D eigenvalue weighted by Crippen LogP contribution is 2.61. The van der Waals surface area contributed by atoms with E-state index in [1.54, 1.807) is 0 Å². The summed E-state index contributed by atoms with van der Waals surface area (Å²) in [6, 6.07) is 24.8. The lowest BCUT2D eigenvalue weighted by molar-refractivity contribution is -0.147. The van der Waals surface area contributed by atoms with Gasteiger partial charge in [0.2, 0.25) is 17.7 Å². The minimum absolute atomic E-state index is 0.164. The first kappa shape index (κ1) is 21.8. The summed E-state index contributed by atoms with van der Waals surface area (Å²) in [6.45, 7) is 2.05. The van der Waals surface area contributed by atoms with Crippen LogP contribution >= 0.6 is 0 Å². The number of carbonyl (C=O) groups excluding carboxylic acids is 3. The Labute approximate surface area is 205 Å². The number of hydrogen-bond donors (Lipinski definition) is 1. The summed E-state index contributed by atoms with van der Waals surface area (Å²) < 4.78 is 0. The Kier molecular flexibility index (Phi) is 5.28. The van der Waals surface area contributed by atoms with Crippen molar-refractivity contribution in [3.8, 4) is 0 Å². The van der Waals surface area contributed by atoms with E-state index in [9.17, 15) is 14.4 Å². The molecule has 176 valence electrons. The molecule has 7 rings (SSSR count). The maximum Gasteiger partial charge on any atom is 0.247 e. The fourth-order valence-corrected chi connectivity index (χ4v) is 6.53. The Balaban J connectivity index is 1.41. The zero-order valence-corrected chi connectivity index (χ0v) is 19.7. The van der Waals surface area contributed by atoms with E-state index in [1.807, 2.05) is 61.5 Å². The first-order valence-electron chi connectivity index (χ1n) is 12.5. The van der Waals surface area contributed by atoms with E-state index in [0.717, 1.165) is 35.1 Å². The monoisotopic (exact) mass is 464 g/mol. The van der Waals surface area contributed by atoms with Crippen molar-refractivity contribution < 1.29 is 14.4 Å². The van der Waals surface area contributed by atoms with Gasteiger partial charge in [0.05, 0.1) is 11.8 Å². The lowest BCUT2D eigenvalue weighted by Crippen LogP contribution is -2.48. The molecule has 0 aromatic heterocycles. The summed E-state index contributed by atoms with van der Waals surface area (Å²) in [5.41, 5.74) is 5.22. The molecule has 1 heterocycles. The van der Waals surface area contributed by atoms with Crippen LogP contribution in [0.4, 0.5) is 5.69 Å². The standard InChI is InChI=1S/C30H28N2O3/c1-2-3-17-23(28(33)31-18-11-5-4-6-12-18)32-29(34)26-24-19-13-7-8-14-20(19)25(27(26)30(32)35)22-16-10-9-15-21(22)24/h4-16,23-27H,2-3,17H2,1H3,(H,31,33)/t23-,24?,25?,26-,27-/m0/s1. The first-order valence-corrected chi connectivity index (χ1v) is 12.5. The molecule has 1 aliphatic heterocycles. The SMILES string of the molecule is CCCC[C@@H](C(=O)Nc1ccccc1)N1C(=O)[C@H]2C3c4ccccc4C(c4ccccc43)[C@@H]2C1=O. The van der Waals surface area contributed by atoms with Gasteiger partial charge in [-0.15, -0.1) is 0 Å². The highest BCUT2D eigenvalue weighted by Gasteiger charge is 2.62. The van der Waals surface area contributed by atoms with Crippen LogP contribution in [0, 0.1) is 11.8 Å². The molecular weight excluding hydrogens is 436 g/mol.